The van der Waals surface area contributed by atoms with Gasteiger partial charge in [-0.3, -0.25) is 4.79 Å². The summed E-state index contributed by atoms with van der Waals surface area (Å²) in [4.78, 5) is 17.8. The Morgan fingerprint density at radius 1 is 1.69 bits per heavy atom. The van der Waals surface area contributed by atoms with E-state index in [1.807, 2.05) is 17.3 Å². The van der Waals surface area contributed by atoms with Crippen molar-refractivity contribution in [1.82, 2.24) is 15.2 Å². The maximum absolute atomic E-state index is 11.8. The Morgan fingerprint density at radius 2 is 2.44 bits per heavy atom. The third-order valence-electron chi connectivity index (χ3n) is 2.65. The third-order valence-corrected chi connectivity index (χ3v) is 3.49. The first-order valence-corrected chi connectivity index (χ1v) is 5.99. The molecule has 1 N–H and O–H groups in total. The minimum atomic E-state index is 0. The van der Waals surface area contributed by atoms with Crippen LogP contribution in [0.5, 0.6) is 0 Å². The molecule has 1 aliphatic heterocycles. The highest BCUT2D eigenvalue weighted by molar-refractivity contribution is 7.09. The van der Waals surface area contributed by atoms with Gasteiger partial charge in [0, 0.05) is 44.7 Å². The molecule has 1 fully saturated rings. The van der Waals surface area contributed by atoms with E-state index >= 15 is 0 Å². The molecule has 0 aliphatic carbocycles. The van der Waals surface area contributed by atoms with Crippen molar-refractivity contribution in [3.05, 3.63) is 16.6 Å². The lowest BCUT2D eigenvalue weighted by Crippen LogP contribution is -2.51. The summed E-state index contributed by atoms with van der Waals surface area (Å²) >= 11 is 1.64. The predicted octanol–water partition coefficient (Wildman–Crippen LogP) is 0.785. The Labute approximate surface area is 105 Å². The van der Waals surface area contributed by atoms with Gasteiger partial charge in [-0.25, -0.2) is 4.98 Å². The first kappa shape index (κ1) is 13.4. The van der Waals surface area contributed by atoms with E-state index in [2.05, 4.69) is 10.3 Å². The van der Waals surface area contributed by atoms with E-state index in [-0.39, 0.29) is 24.2 Å². The number of hydrogen-bond acceptors (Lipinski definition) is 4. The molecule has 0 bridgehead atoms. The molecule has 1 aromatic heterocycles. The molecule has 90 valence electrons. The minimum Gasteiger partial charge on any atom is -0.345 e. The highest BCUT2D eigenvalue weighted by atomic mass is 35.5. The Morgan fingerprint density at radius 3 is 2.94 bits per heavy atom. The SMILES string of the molecule is CN(CCc1nccs1)C(=O)C1CNC1.Cl. The second kappa shape index (κ2) is 6.18. The first-order valence-electron chi connectivity index (χ1n) is 5.11. The number of carbonyl (C=O) groups excluding carboxylic acids is 1. The van der Waals surface area contributed by atoms with Crippen molar-refractivity contribution in [2.45, 2.75) is 6.42 Å². The number of halogens is 1. The van der Waals surface area contributed by atoms with Crippen LogP contribution in [-0.2, 0) is 11.2 Å². The fraction of sp³-hybridized carbons (Fsp3) is 0.600. The van der Waals surface area contributed by atoms with Crippen LogP contribution in [0.3, 0.4) is 0 Å². The lowest BCUT2D eigenvalue weighted by molar-refractivity contribution is -0.135. The fourth-order valence-electron chi connectivity index (χ4n) is 1.52. The van der Waals surface area contributed by atoms with Crippen LogP contribution in [0.25, 0.3) is 0 Å². The number of likely N-dealkylation sites (N-methyl/N-ethyl adjacent to an activating group) is 1. The maximum atomic E-state index is 11.8. The van der Waals surface area contributed by atoms with Crippen LogP contribution in [0, 0.1) is 5.92 Å². The second-order valence-corrected chi connectivity index (χ2v) is 4.77. The molecule has 1 aromatic rings. The molecule has 0 saturated carbocycles. The van der Waals surface area contributed by atoms with Crippen LogP contribution < -0.4 is 5.32 Å². The van der Waals surface area contributed by atoms with E-state index in [0.29, 0.717) is 0 Å². The molecule has 2 rings (SSSR count). The zero-order valence-electron chi connectivity index (χ0n) is 9.18. The summed E-state index contributed by atoms with van der Waals surface area (Å²) in [7, 11) is 1.87. The normalized spacial score (nSPS) is 15.1. The largest absolute Gasteiger partial charge is 0.345 e. The monoisotopic (exact) mass is 261 g/mol. The molecule has 1 saturated heterocycles. The van der Waals surface area contributed by atoms with Gasteiger partial charge in [-0.1, -0.05) is 0 Å². The van der Waals surface area contributed by atoms with Crippen LogP contribution in [0.4, 0.5) is 0 Å². The van der Waals surface area contributed by atoms with E-state index in [1.165, 1.54) is 0 Å². The summed E-state index contributed by atoms with van der Waals surface area (Å²) in [5, 5.41) is 6.17. The molecular weight excluding hydrogens is 246 g/mol. The van der Waals surface area contributed by atoms with Gasteiger partial charge in [0.1, 0.15) is 0 Å². The summed E-state index contributed by atoms with van der Waals surface area (Å²) in [6.45, 7) is 2.43. The molecule has 0 unspecified atom stereocenters. The molecule has 1 aliphatic rings. The molecule has 2 heterocycles. The van der Waals surface area contributed by atoms with Crippen LogP contribution in [0.15, 0.2) is 11.6 Å². The van der Waals surface area contributed by atoms with Crippen molar-refractivity contribution < 1.29 is 4.79 Å². The lowest BCUT2D eigenvalue weighted by Gasteiger charge is -2.30. The molecule has 1 amide bonds. The van der Waals surface area contributed by atoms with Crippen molar-refractivity contribution in [1.29, 1.82) is 0 Å². The molecule has 6 heteroatoms. The smallest absolute Gasteiger partial charge is 0.228 e. The number of amides is 1. The van der Waals surface area contributed by atoms with Crippen LogP contribution in [0.1, 0.15) is 5.01 Å². The maximum Gasteiger partial charge on any atom is 0.228 e. The molecule has 0 radical (unpaired) electrons. The topological polar surface area (TPSA) is 45.2 Å². The predicted molar refractivity (Wildman–Crippen MR) is 67.1 cm³/mol. The zero-order chi connectivity index (χ0) is 10.7. The number of nitrogens with one attached hydrogen (secondary N) is 1. The fourth-order valence-corrected chi connectivity index (χ4v) is 2.13. The average Bonchev–Trinajstić information content (AvgIpc) is 2.63. The van der Waals surface area contributed by atoms with Crippen LogP contribution in [-0.4, -0.2) is 42.5 Å². The number of hydrogen-bond donors (Lipinski definition) is 1. The molecular formula is C10H16ClN3OS. The molecule has 0 spiro atoms. The number of carbonyl (C=O) groups is 1. The molecule has 0 atom stereocenters. The Balaban J connectivity index is 0.00000128. The average molecular weight is 262 g/mol. The van der Waals surface area contributed by atoms with Gasteiger partial charge < -0.3 is 10.2 Å². The third kappa shape index (κ3) is 3.17. The lowest BCUT2D eigenvalue weighted by atomic mass is 10.0. The van der Waals surface area contributed by atoms with Crippen molar-refractivity contribution >= 4 is 29.7 Å². The summed E-state index contributed by atoms with van der Waals surface area (Å²) < 4.78 is 0. The molecule has 0 aromatic carbocycles. The van der Waals surface area contributed by atoms with Gasteiger partial charge >= 0.3 is 0 Å². The zero-order valence-corrected chi connectivity index (χ0v) is 10.8. The quantitative estimate of drug-likeness (QED) is 0.872. The second-order valence-electron chi connectivity index (χ2n) is 3.79. The van der Waals surface area contributed by atoms with Gasteiger partial charge in [0.05, 0.1) is 10.9 Å². The highest BCUT2D eigenvalue weighted by Crippen LogP contribution is 2.09. The van der Waals surface area contributed by atoms with Gasteiger partial charge in [0.15, 0.2) is 0 Å². The number of rotatable bonds is 4. The van der Waals surface area contributed by atoms with E-state index in [1.54, 1.807) is 17.5 Å². The Bertz CT molecular complexity index is 327. The van der Waals surface area contributed by atoms with Gasteiger partial charge in [0.2, 0.25) is 5.91 Å². The van der Waals surface area contributed by atoms with Gasteiger partial charge in [-0.15, -0.1) is 23.7 Å². The minimum absolute atomic E-state index is 0. The Hall–Kier alpha value is -0.650. The van der Waals surface area contributed by atoms with E-state index in [9.17, 15) is 4.79 Å². The summed E-state index contributed by atoms with van der Waals surface area (Å²) in [6, 6.07) is 0. The van der Waals surface area contributed by atoms with E-state index in [0.717, 1.165) is 31.1 Å². The van der Waals surface area contributed by atoms with Crippen molar-refractivity contribution in [3.63, 3.8) is 0 Å². The number of aromatic nitrogens is 1. The van der Waals surface area contributed by atoms with E-state index in [4.69, 9.17) is 0 Å². The van der Waals surface area contributed by atoms with Gasteiger partial charge in [0.25, 0.3) is 0 Å². The molecule has 16 heavy (non-hydrogen) atoms. The molecule has 4 nitrogen and oxygen atoms in total. The Kier molecular flexibility index (Phi) is 5.18. The number of nitrogens with zero attached hydrogens (tertiary/aromatic N) is 2. The first-order chi connectivity index (χ1) is 7.27. The van der Waals surface area contributed by atoms with E-state index < -0.39 is 0 Å². The number of thiazole rings is 1. The highest BCUT2D eigenvalue weighted by Gasteiger charge is 2.27. The standard InChI is InChI=1S/C10H15N3OS.ClH/c1-13(10(14)8-6-11-7-8)4-2-9-12-3-5-15-9;/h3,5,8,11H,2,4,6-7H2,1H3;1H. The van der Waals surface area contributed by atoms with Crippen LogP contribution >= 0.6 is 23.7 Å². The van der Waals surface area contributed by atoms with Crippen molar-refractivity contribution in [2.24, 2.45) is 5.92 Å². The van der Waals surface area contributed by atoms with Crippen molar-refractivity contribution in [3.8, 4) is 0 Å². The summed E-state index contributed by atoms with van der Waals surface area (Å²) in [5.41, 5.74) is 0. The van der Waals surface area contributed by atoms with Crippen molar-refractivity contribution in [2.75, 3.05) is 26.7 Å². The summed E-state index contributed by atoms with van der Waals surface area (Å²) in [5.74, 6) is 0.455. The summed E-state index contributed by atoms with van der Waals surface area (Å²) in [6.07, 6.45) is 2.66. The van der Waals surface area contributed by atoms with Gasteiger partial charge in [-0.2, -0.15) is 0 Å². The van der Waals surface area contributed by atoms with Crippen LogP contribution in [0.2, 0.25) is 0 Å². The van der Waals surface area contributed by atoms with Gasteiger partial charge in [-0.05, 0) is 0 Å².